The summed E-state index contributed by atoms with van der Waals surface area (Å²) in [4.78, 5) is 21.6. The van der Waals surface area contributed by atoms with Gasteiger partial charge in [0.25, 0.3) is 5.91 Å². The molecule has 0 radical (unpaired) electrons. The van der Waals surface area contributed by atoms with Gasteiger partial charge in [0.15, 0.2) is 0 Å². The Morgan fingerprint density at radius 3 is 3.16 bits per heavy atom. The lowest BCUT2D eigenvalue weighted by atomic mass is 9.94. The summed E-state index contributed by atoms with van der Waals surface area (Å²) in [6.45, 7) is 3.58. The zero-order valence-corrected chi connectivity index (χ0v) is 11.0. The molecule has 1 aliphatic rings. The molecule has 2 aromatic rings. The monoisotopic (exact) mass is 258 g/mol. The first-order valence-corrected chi connectivity index (χ1v) is 6.63. The molecule has 1 aromatic heterocycles. The van der Waals surface area contributed by atoms with E-state index >= 15 is 0 Å². The number of carbonyl (C=O) groups is 1. The molecule has 2 heterocycles. The summed E-state index contributed by atoms with van der Waals surface area (Å²) in [6, 6.07) is 5.78. The molecule has 3 rings (SSSR count). The number of hydrogen-bond donors (Lipinski definition) is 2. The molecule has 0 bridgehead atoms. The van der Waals surface area contributed by atoms with E-state index in [1.807, 2.05) is 23.1 Å². The molecule has 1 fully saturated rings. The Labute approximate surface area is 111 Å². The van der Waals surface area contributed by atoms with Crippen molar-refractivity contribution in [3.05, 3.63) is 30.1 Å². The molecule has 0 saturated carbocycles. The maximum atomic E-state index is 12.5. The standard InChI is InChI=1S/C14H18N4O/c1-9-7-18(5-4-11(9)15)14(19)10-2-3-12-13(6-10)17-8-16-12/h2-3,6,8-9,11H,4-5,7,15H2,1H3,(H,16,17). The van der Waals surface area contributed by atoms with E-state index in [4.69, 9.17) is 5.73 Å². The lowest BCUT2D eigenvalue weighted by Crippen LogP contribution is -2.48. The minimum atomic E-state index is 0.0789. The second-order valence-electron chi connectivity index (χ2n) is 5.32. The number of fused-ring (bicyclic) bond motifs is 1. The van der Waals surface area contributed by atoms with Crippen LogP contribution in [-0.2, 0) is 0 Å². The average Bonchev–Trinajstić information content (AvgIpc) is 2.88. The number of imidazole rings is 1. The van der Waals surface area contributed by atoms with Crippen LogP contribution in [0.25, 0.3) is 11.0 Å². The molecular weight excluding hydrogens is 240 g/mol. The van der Waals surface area contributed by atoms with Gasteiger partial charge in [-0.3, -0.25) is 4.79 Å². The first-order chi connectivity index (χ1) is 9.15. The Hall–Kier alpha value is -1.88. The summed E-state index contributed by atoms with van der Waals surface area (Å²) in [6.07, 6.45) is 2.51. The quantitative estimate of drug-likeness (QED) is 0.811. The van der Waals surface area contributed by atoms with Gasteiger partial charge in [-0.15, -0.1) is 0 Å². The maximum Gasteiger partial charge on any atom is 0.253 e. The first-order valence-electron chi connectivity index (χ1n) is 6.63. The minimum absolute atomic E-state index is 0.0789. The van der Waals surface area contributed by atoms with Crippen molar-refractivity contribution >= 4 is 16.9 Å². The van der Waals surface area contributed by atoms with E-state index in [0.29, 0.717) is 11.5 Å². The molecule has 1 aromatic carbocycles. The van der Waals surface area contributed by atoms with Crippen molar-refractivity contribution in [3.8, 4) is 0 Å². The largest absolute Gasteiger partial charge is 0.345 e. The molecular formula is C14H18N4O. The Balaban J connectivity index is 1.83. The summed E-state index contributed by atoms with van der Waals surface area (Å²) in [5, 5.41) is 0. The Bertz CT molecular complexity index is 606. The van der Waals surface area contributed by atoms with Gasteiger partial charge < -0.3 is 15.6 Å². The minimum Gasteiger partial charge on any atom is -0.345 e. The van der Waals surface area contributed by atoms with Gasteiger partial charge in [-0.2, -0.15) is 0 Å². The van der Waals surface area contributed by atoms with E-state index in [0.717, 1.165) is 30.5 Å². The summed E-state index contributed by atoms with van der Waals surface area (Å²) < 4.78 is 0. The van der Waals surface area contributed by atoms with E-state index in [1.165, 1.54) is 0 Å². The van der Waals surface area contributed by atoms with E-state index in [-0.39, 0.29) is 11.9 Å². The topological polar surface area (TPSA) is 75.0 Å². The number of nitrogens with one attached hydrogen (secondary N) is 1. The van der Waals surface area contributed by atoms with Gasteiger partial charge in [0.05, 0.1) is 17.4 Å². The molecule has 3 N–H and O–H groups in total. The highest BCUT2D eigenvalue weighted by molar-refractivity contribution is 5.97. The van der Waals surface area contributed by atoms with Gasteiger partial charge in [0.2, 0.25) is 0 Å². The first kappa shape index (κ1) is 12.2. The number of H-pyrrole nitrogens is 1. The third kappa shape index (κ3) is 2.21. The lowest BCUT2D eigenvalue weighted by Gasteiger charge is -2.35. The molecule has 100 valence electrons. The van der Waals surface area contributed by atoms with E-state index < -0.39 is 0 Å². The zero-order chi connectivity index (χ0) is 13.4. The number of nitrogens with zero attached hydrogens (tertiary/aromatic N) is 2. The van der Waals surface area contributed by atoms with Crippen LogP contribution in [0.5, 0.6) is 0 Å². The van der Waals surface area contributed by atoms with Crippen molar-refractivity contribution in [3.63, 3.8) is 0 Å². The lowest BCUT2D eigenvalue weighted by molar-refractivity contribution is 0.0664. The molecule has 5 heteroatoms. The van der Waals surface area contributed by atoms with Crippen molar-refractivity contribution in [2.24, 2.45) is 11.7 Å². The number of benzene rings is 1. The number of aromatic nitrogens is 2. The molecule has 5 nitrogen and oxygen atoms in total. The molecule has 2 unspecified atom stereocenters. The summed E-state index contributed by atoms with van der Waals surface area (Å²) >= 11 is 0. The van der Waals surface area contributed by atoms with E-state index in [2.05, 4.69) is 16.9 Å². The van der Waals surface area contributed by atoms with Crippen LogP contribution < -0.4 is 5.73 Å². The second kappa shape index (κ2) is 4.66. The summed E-state index contributed by atoms with van der Waals surface area (Å²) in [7, 11) is 0. The van der Waals surface area contributed by atoms with Crippen LogP contribution in [0.1, 0.15) is 23.7 Å². The highest BCUT2D eigenvalue weighted by atomic mass is 16.2. The Morgan fingerprint density at radius 2 is 2.37 bits per heavy atom. The van der Waals surface area contributed by atoms with Gasteiger partial charge in [-0.1, -0.05) is 6.92 Å². The fourth-order valence-electron chi connectivity index (χ4n) is 2.60. The van der Waals surface area contributed by atoms with E-state index in [1.54, 1.807) is 6.33 Å². The van der Waals surface area contributed by atoms with Crippen LogP contribution in [-0.4, -0.2) is 39.9 Å². The predicted molar refractivity (Wildman–Crippen MR) is 73.8 cm³/mol. The summed E-state index contributed by atoms with van der Waals surface area (Å²) in [5.74, 6) is 0.434. The van der Waals surface area contributed by atoms with Crippen LogP contribution in [0.4, 0.5) is 0 Å². The molecule has 1 saturated heterocycles. The number of piperidine rings is 1. The number of aromatic amines is 1. The highest BCUT2D eigenvalue weighted by Gasteiger charge is 2.26. The summed E-state index contributed by atoms with van der Waals surface area (Å²) in [5.41, 5.74) is 8.47. The number of amides is 1. The van der Waals surface area contributed by atoms with Gasteiger partial charge in [-0.25, -0.2) is 4.98 Å². The number of rotatable bonds is 1. The third-order valence-corrected chi connectivity index (χ3v) is 3.93. The van der Waals surface area contributed by atoms with Crippen molar-refractivity contribution in [1.29, 1.82) is 0 Å². The molecule has 0 aliphatic carbocycles. The van der Waals surface area contributed by atoms with Gasteiger partial charge in [0, 0.05) is 24.7 Å². The SMILES string of the molecule is CC1CN(C(=O)c2ccc3nc[nH]c3c2)CCC1N. The number of likely N-dealkylation sites (tertiary alicyclic amines) is 1. The normalized spacial score (nSPS) is 23.8. The Morgan fingerprint density at radius 1 is 1.53 bits per heavy atom. The average molecular weight is 258 g/mol. The molecule has 1 amide bonds. The van der Waals surface area contributed by atoms with Crippen LogP contribution in [0.15, 0.2) is 24.5 Å². The van der Waals surface area contributed by atoms with Crippen LogP contribution in [0, 0.1) is 5.92 Å². The number of hydrogen-bond acceptors (Lipinski definition) is 3. The fourth-order valence-corrected chi connectivity index (χ4v) is 2.60. The van der Waals surface area contributed by atoms with Crippen molar-refractivity contribution in [2.45, 2.75) is 19.4 Å². The van der Waals surface area contributed by atoms with Gasteiger partial charge in [0.1, 0.15) is 0 Å². The number of carbonyl (C=O) groups excluding carboxylic acids is 1. The maximum absolute atomic E-state index is 12.5. The molecule has 1 aliphatic heterocycles. The molecule has 0 spiro atoms. The molecule has 19 heavy (non-hydrogen) atoms. The molecule has 2 atom stereocenters. The van der Waals surface area contributed by atoms with Gasteiger partial charge in [-0.05, 0) is 30.5 Å². The smallest absolute Gasteiger partial charge is 0.253 e. The van der Waals surface area contributed by atoms with Crippen LogP contribution >= 0.6 is 0 Å². The van der Waals surface area contributed by atoms with Gasteiger partial charge >= 0.3 is 0 Å². The van der Waals surface area contributed by atoms with E-state index in [9.17, 15) is 4.79 Å². The Kier molecular flexibility index (Phi) is 2.98. The van der Waals surface area contributed by atoms with Crippen molar-refractivity contribution in [1.82, 2.24) is 14.9 Å². The van der Waals surface area contributed by atoms with Crippen LogP contribution in [0.3, 0.4) is 0 Å². The highest BCUT2D eigenvalue weighted by Crippen LogP contribution is 2.19. The van der Waals surface area contributed by atoms with Crippen LogP contribution in [0.2, 0.25) is 0 Å². The number of nitrogens with two attached hydrogens (primary N) is 1. The predicted octanol–water partition coefficient (Wildman–Crippen LogP) is 1.37. The zero-order valence-electron chi connectivity index (χ0n) is 11.0. The fraction of sp³-hybridized carbons (Fsp3) is 0.429. The van der Waals surface area contributed by atoms with Crippen molar-refractivity contribution < 1.29 is 4.79 Å². The van der Waals surface area contributed by atoms with Crippen molar-refractivity contribution in [2.75, 3.05) is 13.1 Å². The third-order valence-electron chi connectivity index (χ3n) is 3.93. The second-order valence-corrected chi connectivity index (χ2v) is 5.32.